The molecule has 0 aliphatic carbocycles. The molecule has 1 aromatic carbocycles. The molecule has 0 fully saturated rings. The fourth-order valence-corrected chi connectivity index (χ4v) is 2.87. The monoisotopic (exact) mass is 294 g/mol. The SMILES string of the molecule is CC.CC1Cc2cccc3c2N1C(=O)CCC3.CNP. The Morgan fingerprint density at radius 3 is 2.50 bits per heavy atom. The lowest BCUT2D eigenvalue weighted by atomic mass is 10.0. The highest BCUT2D eigenvalue weighted by Crippen LogP contribution is 2.38. The second kappa shape index (κ2) is 8.39. The second-order valence-electron chi connectivity index (χ2n) is 4.88. The van der Waals surface area contributed by atoms with Crippen LogP contribution in [-0.2, 0) is 17.6 Å². The zero-order valence-electron chi connectivity index (χ0n) is 13.1. The summed E-state index contributed by atoms with van der Waals surface area (Å²) in [5.74, 6) is 0.311. The Labute approximate surface area is 125 Å². The lowest BCUT2D eigenvalue weighted by molar-refractivity contribution is -0.118. The van der Waals surface area contributed by atoms with E-state index >= 15 is 0 Å². The lowest BCUT2D eigenvalue weighted by Crippen LogP contribution is -2.35. The third kappa shape index (κ3) is 3.59. The minimum atomic E-state index is 0.311. The number of carbonyl (C=O) groups excluding carboxylic acids is 1. The predicted octanol–water partition coefficient (Wildman–Crippen LogP) is 3.32. The smallest absolute Gasteiger partial charge is 0.227 e. The van der Waals surface area contributed by atoms with Crippen molar-refractivity contribution in [2.24, 2.45) is 0 Å². The standard InChI is InChI=1S/C13H15NO.C2H6.CH6NP/c1-9-8-11-6-2-4-10-5-3-7-12(15)14(9)13(10)11;1-2;1-2-3/h2,4,6,9H,3,5,7-8H2,1H3;1-2H3;2H,3H2,1H3. The van der Waals surface area contributed by atoms with Crippen LogP contribution in [0.1, 0.15) is 44.7 Å². The lowest BCUT2D eigenvalue weighted by Gasteiger charge is -2.22. The van der Waals surface area contributed by atoms with Crippen molar-refractivity contribution in [1.29, 1.82) is 0 Å². The number of nitrogens with zero attached hydrogens (tertiary/aromatic N) is 1. The molecule has 0 radical (unpaired) electrons. The fraction of sp³-hybridized carbons (Fsp3) is 0.562. The van der Waals surface area contributed by atoms with Crippen LogP contribution in [0.5, 0.6) is 0 Å². The van der Waals surface area contributed by atoms with Gasteiger partial charge in [-0.15, -0.1) is 0 Å². The maximum atomic E-state index is 12.0. The van der Waals surface area contributed by atoms with Crippen molar-refractivity contribution in [2.45, 2.75) is 52.5 Å². The molecule has 2 aliphatic rings. The van der Waals surface area contributed by atoms with Crippen molar-refractivity contribution < 1.29 is 4.79 Å². The van der Waals surface area contributed by atoms with Crippen LogP contribution in [-0.4, -0.2) is 19.0 Å². The van der Waals surface area contributed by atoms with Gasteiger partial charge < -0.3 is 9.99 Å². The van der Waals surface area contributed by atoms with E-state index in [9.17, 15) is 4.79 Å². The van der Waals surface area contributed by atoms with E-state index in [2.05, 4.69) is 39.6 Å². The Balaban J connectivity index is 0.000000357. The van der Waals surface area contributed by atoms with Crippen LogP contribution in [0.15, 0.2) is 18.2 Å². The zero-order chi connectivity index (χ0) is 15.1. The minimum Gasteiger partial charge on any atom is -0.309 e. The predicted molar refractivity (Wildman–Crippen MR) is 90.1 cm³/mol. The third-order valence-corrected chi connectivity index (χ3v) is 3.51. The summed E-state index contributed by atoms with van der Waals surface area (Å²) in [7, 11) is 4.17. The first-order valence-electron chi connectivity index (χ1n) is 7.49. The molecule has 20 heavy (non-hydrogen) atoms. The Kier molecular flexibility index (Phi) is 7.18. The zero-order valence-corrected chi connectivity index (χ0v) is 14.2. The summed E-state index contributed by atoms with van der Waals surface area (Å²) in [4.78, 5) is 14.0. The Morgan fingerprint density at radius 2 is 1.85 bits per heavy atom. The average molecular weight is 294 g/mol. The van der Waals surface area contributed by atoms with Gasteiger partial charge in [0.15, 0.2) is 0 Å². The molecular weight excluding hydrogens is 267 g/mol. The van der Waals surface area contributed by atoms with Gasteiger partial charge in [0.25, 0.3) is 0 Å². The molecule has 1 amide bonds. The normalized spacial score (nSPS) is 19.1. The number of hydrogen-bond donors (Lipinski definition) is 1. The first-order valence-corrected chi connectivity index (χ1v) is 8.07. The quantitative estimate of drug-likeness (QED) is 0.744. The summed E-state index contributed by atoms with van der Waals surface area (Å²) < 4.78 is 0. The van der Waals surface area contributed by atoms with Crippen LogP contribution >= 0.6 is 9.39 Å². The molecule has 4 heteroatoms. The molecule has 2 aliphatic heterocycles. The van der Waals surface area contributed by atoms with E-state index in [1.54, 1.807) is 0 Å². The van der Waals surface area contributed by atoms with Gasteiger partial charge in [-0.05, 0) is 44.4 Å². The molecule has 0 saturated heterocycles. The first-order chi connectivity index (χ1) is 9.69. The van der Waals surface area contributed by atoms with Gasteiger partial charge in [0.2, 0.25) is 5.91 Å². The molecule has 112 valence electrons. The highest BCUT2D eigenvalue weighted by molar-refractivity contribution is 7.13. The molecule has 2 unspecified atom stereocenters. The van der Waals surface area contributed by atoms with Crippen LogP contribution in [0.2, 0.25) is 0 Å². The minimum absolute atomic E-state index is 0.311. The highest BCUT2D eigenvalue weighted by Gasteiger charge is 2.33. The molecule has 0 saturated carbocycles. The number of nitrogens with one attached hydrogen (secondary N) is 1. The van der Waals surface area contributed by atoms with Gasteiger partial charge >= 0.3 is 0 Å². The van der Waals surface area contributed by atoms with Gasteiger partial charge in [0.1, 0.15) is 0 Å². The van der Waals surface area contributed by atoms with Crippen LogP contribution < -0.4 is 9.99 Å². The number of carbonyl (C=O) groups is 1. The topological polar surface area (TPSA) is 32.3 Å². The van der Waals surface area contributed by atoms with Crippen molar-refractivity contribution in [1.82, 2.24) is 5.09 Å². The van der Waals surface area contributed by atoms with E-state index in [0.717, 1.165) is 19.3 Å². The van der Waals surface area contributed by atoms with Crippen LogP contribution in [0.25, 0.3) is 0 Å². The summed E-state index contributed by atoms with van der Waals surface area (Å²) >= 11 is 0. The van der Waals surface area contributed by atoms with Crippen molar-refractivity contribution in [3.8, 4) is 0 Å². The largest absolute Gasteiger partial charge is 0.309 e. The van der Waals surface area contributed by atoms with E-state index in [1.807, 2.05) is 25.8 Å². The van der Waals surface area contributed by atoms with Gasteiger partial charge in [-0.3, -0.25) is 4.79 Å². The number of amides is 1. The van der Waals surface area contributed by atoms with Crippen molar-refractivity contribution in [3.63, 3.8) is 0 Å². The molecule has 2 heterocycles. The summed E-state index contributed by atoms with van der Waals surface area (Å²) in [5.41, 5.74) is 3.95. The van der Waals surface area contributed by atoms with Crippen LogP contribution in [0.4, 0.5) is 5.69 Å². The maximum Gasteiger partial charge on any atom is 0.227 e. The van der Waals surface area contributed by atoms with E-state index in [0.29, 0.717) is 18.4 Å². The number of rotatable bonds is 0. The van der Waals surface area contributed by atoms with Crippen LogP contribution in [0, 0.1) is 0 Å². The highest BCUT2D eigenvalue weighted by atomic mass is 31.0. The van der Waals surface area contributed by atoms with Crippen molar-refractivity contribution in [3.05, 3.63) is 29.3 Å². The molecule has 2 atom stereocenters. The van der Waals surface area contributed by atoms with Gasteiger partial charge in [0, 0.05) is 12.5 Å². The first kappa shape index (κ1) is 17.1. The van der Waals surface area contributed by atoms with E-state index in [1.165, 1.54) is 16.8 Å². The Hall–Kier alpha value is -0.920. The average Bonchev–Trinajstić information content (AvgIpc) is 2.68. The number of para-hydroxylation sites is 1. The van der Waals surface area contributed by atoms with Gasteiger partial charge in [0.05, 0.1) is 5.69 Å². The molecular formula is C16H27N2OP. The molecule has 1 N–H and O–H groups in total. The maximum absolute atomic E-state index is 12.0. The number of aryl methyl sites for hydroxylation is 1. The van der Waals surface area contributed by atoms with E-state index in [4.69, 9.17) is 0 Å². The summed E-state index contributed by atoms with van der Waals surface area (Å²) in [6.07, 6.45) is 3.78. The molecule has 0 bridgehead atoms. The van der Waals surface area contributed by atoms with Crippen molar-refractivity contribution >= 4 is 21.0 Å². The van der Waals surface area contributed by atoms with Crippen LogP contribution in [0.3, 0.4) is 0 Å². The summed E-state index contributed by atoms with van der Waals surface area (Å²) in [6, 6.07) is 6.81. The Morgan fingerprint density at radius 1 is 1.25 bits per heavy atom. The molecule has 0 spiro atoms. The fourth-order valence-electron chi connectivity index (χ4n) is 2.87. The summed E-state index contributed by atoms with van der Waals surface area (Å²) in [5, 5.41) is 2.67. The number of anilines is 1. The molecule has 3 nitrogen and oxygen atoms in total. The second-order valence-corrected chi connectivity index (χ2v) is 5.46. The molecule has 0 aromatic heterocycles. The van der Waals surface area contributed by atoms with Gasteiger partial charge in [-0.25, -0.2) is 0 Å². The van der Waals surface area contributed by atoms with E-state index in [-0.39, 0.29) is 0 Å². The van der Waals surface area contributed by atoms with Gasteiger partial charge in [-0.1, -0.05) is 41.4 Å². The number of benzene rings is 1. The number of hydrogen-bond acceptors (Lipinski definition) is 2. The molecule has 3 rings (SSSR count). The van der Waals surface area contributed by atoms with Gasteiger partial charge in [-0.2, -0.15) is 0 Å². The van der Waals surface area contributed by atoms with Crippen molar-refractivity contribution in [2.75, 3.05) is 11.9 Å². The van der Waals surface area contributed by atoms with E-state index < -0.39 is 0 Å². The summed E-state index contributed by atoms with van der Waals surface area (Å²) in [6.45, 7) is 6.15. The third-order valence-electron chi connectivity index (χ3n) is 3.51. The Bertz CT molecular complexity index is 448. The molecule has 1 aromatic rings.